The molecule has 0 bridgehead atoms. The molecule has 0 unspecified atom stereocenters. The lowest BCUT2D eigenvalue weighted by Gasteiger charge is -2.10. The van der Waals surface area contributed by atoms with Gasteiger partial charge in [0.25, 0.3) is 0 Å². The summed E-state index contributed by atoms with van der Waals surface area (Å²) in [5.74, 6) is 1.89. The average molecular weight is 201 g/mol. The summed E-state index contributed by atoms with van der Waals surface area (Å²) in [6.07, 6.45) is 0. The molecule has 0 radical (unpaired) electrons. The van der Waals surface area contributed by atoms with Gasteiger partial charge in [0.05, 0.1) is 21.3 Å². The first-order valence-electron chi connectivity index (χ1n) is 3.75. The highest BCUT2D eigenvalue weighted by Crippen LogP contribution is 2.39. The van der Waals surface area contributed by atoms with Gasteiger partial charge in [-0.05, 0) is 18.7 Å². The normalized spacial score (nSPS) is 9.54. The minimum Gasteiger partial charge on any atom is -0.493 e. The Kier molecular flexibility index (Phi) is 3.31. The Morgan fingerprint density at radius 2 is 1.54 bits per heavy atom. The fourth-order valence-corrected chi connectivity index (χ4v) is 1.40. The Balaban J connectivity index is 3.27. The third-order valence-corrected chi connectivity index (χ3v) is 2.10. The van der Waals surface area contributed by atoms with Crippen LogP contribution < -0.4 is 14.2 Å². The molecule has 0 saturated heterocycles. The Labute approximate surface area is 83.0 Å². The Morgan fingerprint density at radius 1 is 0.923 bits per heavy atom. The quantitative estimate of drug-likeness (QED) is 0.685. The molecule has 3 nitrogen and oxygen atoms in total. The summed E-state index contributed by atoms with van der Waals surface area (Å²) < 4.78 is 15.4. The van der Waals surface area contributed by atoms with E-state index < -0.39 is 0 Å². The fourth-order valence-electron chi connectivity index (χ4n) is 1.10. The van der Waals surface area contributed by atoms with Crippen molar-refractivity contribution in [1.29, 1.82) is 0 Å². The van der Waals surface area contributed by atoms with E-state index in [-0.39, 0.29) is 0 Å². The smallest absolute Gasteiger partial charge is 0.220 e. The predicted octanol–water partition coefficient (Wildman–Crippen LogP) is 1.08. The molecule has 1 rings (SSSR count). The highest BCUT2D eigenvalue weighted by molar-refractivity contribution is 7.59. The van der Waals surface area contributed by atoms with Crippen molar-refractivity contribution in [3.8, 4) is 17.2 Å². The third-order valence-electron chi connectivity index (χ3n) is 1.70. The summed E-state index contributed by atoms with van der Waals surface area (Å²) in [5, 5.41) is 0. The molecule has 72 valence electrons. The van der Waals surface area contributed by atoms with Gasteiger partial charge < -0.3 is 14.2 Å². The Bertz CT molecular complexity index is 299. The van der Waals surface area contributed by atoms with Crippen molar-refractivity contribution in [2.75, 3.05) is 21.3 Å². The Morgan fingerprint density at radius 3 is 2.00 bits per heavy atom. The van der Waals surface area contributed by atoms with Crippen LogP contribution in [-0.2, 0) is 12.6 Å². The number of hydrogen-bond donors (Lipinski definition) is 0. The number of benzene rings is 1. The van der Waals surface area contributed by atoms with E-state index in [1.54, 1.807) is 21.3 Å². The van der Waals surface area contributed by atoms with Gasteiger partial charge in [0.1, 0.15) is 0 Å². The van der Waals surface area contributed by atoms with E-state index in [0.29, 0.717) is 17.2 Å². The largest absolute Gasteiger partial charge is 0.493 e. The molecule has 0 N–H and O–H groups in total. The Hall–Kier alpha value is -1.03. The molecule has 1 aromatic carbocycles. The van der Waals surface area contributed by atoms with E-state index in [0.717, 1.165) is 4.90 Å². The van der Waals surface area contributed by atoms with Gasteiger partial charge in [-0.2, -0.15) is 0 Å². The van der Waals surface area contributed by atoms with Crippen LogP contribution in [0.4, 0.5) is 0 Å². The monoisotopic (exact) mass is 201 g/mol. The first-order chi connectivity index (χ1) is 6.24. The van der Waals surface area contributed by atoms with Gasteiger partial charge in [0, 0.05) is 6.07 Å². The highest BCUT2D eigenvalue weighted by Gasteiger charge is 2.16. The van der Waals surface area contributed by atoms with Crippen LogP contribution in [0.3, 0.4) is 0 Å². The lowest BCUT2D eigenvalue weighted by Crippen LogP contribution is -1.95. The van der Waals surface area contributed by atoms with Crippen molar-refractivity contribution in [1.82, 2.24) is 0 Å². The topological polar surface area (TPSA) is 27.7 Å². The summed E-state index contributed by atoms with van der Waals surface area (Å²) in [6.45, 7) is 0. The first-order valence-corrected chi connectivity index (χ1v) is 4.25. The van der Waals surface area contributed by atoms with Gasteiger partial charge in [-0.15, -0.1) is 0 Å². The number of rotatable bonds is 3. The minimum absolute atomic E-state index is 0.595. The molecule has 0 aliphatic heterocycles. The zero-order chi connectivity index (χ0) is 9.84. The maximum absolute atomic E-state index is 5.16. The second kappa shape index (κ2) is 4.28. The third kappa shape index (κ3) is 1.83. The molecule has 0 saturated carbocycles. The van der Waals surface area contributed by atoms with E-state index in [1.165, 1.54) is 0 Å². The summed E-state index contributed by atoms with van der Waals surface area (Å²) in [6, 6.07) is 3.65. The number of hydrogen-bond acceptors (Lipinski definition) is 3. The van der Waals surface area contributed by atoms with Crippen molar-refractivity contribution in [2.24, 2.45) is 0 Å². The van der Waals surface area contributed by atoms with E-state index in [9.17, 15) is 0 Å². The molecule has 0 aliphatic carbocycles. The van der Waals surface area contributed by atoms with Gasteiger partial charge in [-0.1, -0.05) is 0 Å². The van der Waals surface area contributed by atoms with Crippen LogP contribution in [0.2, 0.25) is 0 Å². The van der Waals surface area contributed by atoms with E-state index in [1.807, 2.05) is 12.1 Å². The van der Waals surface area contributed by atoms with Crippen molar-refractivity contribution in [3.63, 3.8) is 0 Å². The molecule has 0 amide bonds. The molecule has 0 aliphatic rings. The zero-order valence-electron chi connectivity index (χ0n) is 7.88. The lowest BCUT2D eigenvalue weighted by atomic mass is 10.3. The fraction of sp³-hybridized carbons (Fsp3) is 0.333. The maximum atomic E-state index is 5.16. The van der Waals surface area contributed by atoms with Crippen LogP contribution in [-0.4, -0.2) is 21.3 Å². The number of ether oxygens (including phenoxy) is 3. The minimum atomic E-state index is 0.595. The molecular weight excluding hydrogens is 188 g/mol. The second-order valence-electron chi connectivity index (χ2n) is 2.38. The van der Waals surface area contributed by atoms with Crippen LogP contribution in [0.15, 0.2) is 17.0 Å². The zero-order valence-corrected chi connectivity index (χ0v) is 8.88. The van der Waals surface area contributed by atoms with Gasteiger partial charge in [-0.3, -0.25) is 0 Å². The van der Waals surface area contributed by atoms with Crippen molar-refractivity contribution >= 4 is 12.6 Å². The molecule has 1 aromatic rings. The second-order valence-corrected chi connectivity index (χ2v) is 2.92. The van der Waals surface area contributed by atoms with Crippen LogP contribution in [0, 0.1) is 0 Å². The SMILES string of the molecule is COc1ccc([SH2+])c(OC)c1OC. The molecular formula is C9H13O3S+. The summed E-state index contributed by atoms with van der Waals surface area (Å²) >= 11 is 3.40. The standard InChI is InChI=1S/C9H12O3S/c1-10-6-4-5-7(13)9(12-3)8(6)11-2/h4-5,13H,1-3H3/p+1. The highest BCUT2D eigenvalue weighted by atomic mass is 32.1. The molecule has 0 heterocycles. The molecule has 0 atom stereocenters. The first kappa shape index (κ1) is 10.1. The van der Waals surface area contributed by atoms with Gasteiger partial charge in [0.15, 0.2) is 10.6 Å². The lowest BCUT2D eigenvalue weighted by molar-refractivity contribution is 0.319. The molecule has 0 aromatic heterocycles. The van der Waals surface area contributed by atoms with Crippen LogP contribution in [0.5, 0.6) is 17.2 Å². The summed E-state index contributed by atoms with van der Waals surface area (Å²) in [5.41, 5.74) is 0. The van der Waals surface area contributed by atoms with Crippen LogP contribution in [0.1, 0.15) is 0 Å². The molecule has 13 heavy (non-hydrogen) atoms. The van der Waals surface area contributed by atoms with Crippen LogP contribution in [0.25, 0.3) is 0 Å². The average Bonchev–Trinajstić information content (AvgIpc) is 2.17. The van der Waals surface area contributed by atoms with Crippen molar-refractivity contribution in [2.45, 2.75) is 4.90 Å². The van der Waals surface area contributed by atoms with Crippen molar-refractivity contribution < 1.29 is 14.2 Å². The van der Waals surface area contributed by atoms with E-state index in [4.69, 9.17) is 14.2 Å². The molecule has 0 spiro atoms. The summed E-state index contributed by atoms with van der Waals surface area (Å²) in [4.78, 5) is 0.833. The maximum Gasteiger partial charge on any atom is 0.220 e. The number of methoxy groups -OCH3 is 3. The van der Waals surface area contributed by atoms with Crippen LogP contribution >= 0.6 is 0 Å². The molecule has 0 fully saturated rings. The predicted molar refractivity (Wildman–Crippen MR) is 54.5 cm³/mol. The van der Waals surface area contributed by atoms with Crippen molar-refractivity contribution in [3.05, 3.63) is 12.1 Å². The van der Waals surface area contributed by atoms with Gasteiger partial charge in [-0.25, -0.2) is 0 Å². The van der Waals surface area contributed by atoms with Gasteiger partial charge in [0.2, 0.25) is 11.5 Å². The van der Waals surface area contributed by atoms with E-state index in [2.05, 4.69) is 12.6 Å². The van der Waals surface area contributed by atoms with E-state index >= 15 is 0 Å². The van der Waals surface area contributed by atoms with Gasteiger partial charge >= 0.3 is 0 Å². The molecule has 4 heteroatoms. The summed E-state index contributed by atoms with van der Waals surface area (Å²) in [7, 11) is 4.75.